The first-order valence-electron chi connectivity index (χ1n) is 6.21. The van der Waals surface area contributed by atoms with Gasteiger partial charge in [0.1, 0.15) is 36.0 Å². The number of hydrogen-bond acceptors (Lipinski definition) is 7. The highest BCUT2D eigenvalue weighted by atomic mass is 16.7. The van der Waals surface area contributed by atoms with Crippen molar-refractivity contribution in [1.29, 1.82) is 0 Å². The number of methoxy groups -OCH3 is 1. The molecule has 0 saturated carbocycles. The van der Waals surface area contributed by atoms with E-state index in [0.717, 1.165) is 0 Å². The summed E-state index contributed by atoms with van der Waals surface area (Å²) in [6.07, 6.45) is 0.840. The molecule has 1 saturated heterocycles. The monoisotopic (exact) mass is 280 g/mol. The van der Waals surface area contributed by atoms with Crippen LogP contribution in [0.15, 0.2) is 18.6 Å². The van der Waals surface area contributed by atoms with Crippen LogP contribution >= 0.6 is 0 Å². The summed E-state index contributed by atoms with van der Waals surface area (Å²) in [7, 11) is 1.49. The van der Waals surface area contributed by atoms with Gasteiger partial charge in [-0.2, -0.15) is 0 Å². The Morgan fingerprint density at radius 1 is 1.50 bits per heavy atom. The van der Waals surface area contributed by atoms with Crippen molar-refractivity contribution in [2.24, 2.45) is 0 Å². The maximum absolute atomic E-state index is 10.3. The van der Waals surface area contributed by atoms with E-state index in [1.807, 2.05) is 0 Å². The van der Waals surface area contributed by atoms with Crippen LogP contribution in [0.2, 0.25) is 0 Å². The van der Waals surface area contributed by atoms with Crippen molar-refractivity contribution in [2.45, 2.75) is 24.5 Å². The van der Waals surface area contributed by atoms with Crippen LogP contribution in [0, 0.1) is 0 Å². The summed E-state index contributed by atoms with van der Waals surface area (Å²) < 4.78 is 12.4. The first kappa shape index (κ1) is 13.3. The van der Waals surface area contributed by atoms with Gasteiger partial charge in [0, 0.05) is 13.3 Å². The van der Waals surface area contributed by atoms with Gasteiger partial charge in [-0.25, -0.2) is 9.97 Å². The third kappa shape index (κ3) is 1.85. The first-order chi connectivity index (χ1) is 9.67. The van der Waals surface area contributed by atoms with E-state index in [-0.39, 0.29) is 6.61 Å². The lowest BCUT2D eigenvalue weighted by Crippen LogP contribution is -2.32. The van der Waals surface area contributed by atoms with Crippen LogP contribution in [-0.2, 0) is 9.47 Å². The largest absolute Gasteiger partial charge is 0.394 e. The smallest absolute Gasteiger partial charge is 0.181 e. The molecule has 0 bridgehead atoms. The normalized spacial score (nSPS) is 30.1. The Labute approximate surface area is 114 Å². The zero-order valence-corrected chi connectivity index (χ0v) is 10.9. The van der Waals surface area contributed by atoms with Crippen LogP contribution in [0.25, 0.3) is 11.0 Å². The van der Waals surface area contributed by atoms with Gasteiger partial charge in [0.2, 0.25) is 0 Å². The van der Waals surface area contributed by atoms with Gasteiger partial charge in [-0.3, -0.25) is 0 Å². The second kappa shape index (κ2) is 4.98. The summed E-state index contributed by atoms with van der Waals surface area (Å²) in [4.78, 5) is 8.11. The number of fused-ring (bicyclic) bond motifs is 1. The van der Waals surface area contributed by atoms with Crippen molar-refractivity contribution >= 4 is 16.9 Å². The van der Waals surface area contributed by atoms with Crippen LogP contribution in [0.4, 0.5) is 5.82 Å². The lowest BCUT2D eigenvalue weighted by molar-refractivity contribution is -0.136. The molecule has 0 spiro atoms. The summed E-state index contributed by atoms with van der Waals surface area (Å²) in [5.74, 6) is 0.370. The molecule has 0 unspecified atom stereocenters. The molecule has 0 radical (unpaired) electrons. The molecule has 0 aliphatic carbocycles. The molecule has 8 heteroatoms. The van der Waals surface area contributed by atoms with E-state index >= 15 is 0 Å². The third-order valence-electron chi connectivity index (χ3n) is 3.59. The third-order valence-corrected chi connectivity index (χ3v) is 3.59. The fraction of sp³-hybridized carbons (Fsp3) is 0.500. The number of hydrogen-bond donors (Lipinski definition) is 3. The molecule has 2 aromatic heterocycles. The van der Waals surface area contributed by atoms with Crippen molar-refractivity contribution in [3.8, 4) is 0 Å². The number of nitrogens with two attached hydrogens (primary N) is 1. The lowest BCUT2D eigenvalue weighted by Gasteiger charge is -2.21. The maximum Gasteiger partial charge on any atom is 0.181 e. The number of aromatic nitrogens is 3. The van der Waals surface area contributed by atoms with Gasteiger partial charge < -0.3 is 30.0 Å². The van der Waals surface area contributed by atoms with Crippen LogP contribution in [-0.4, -0.2) is 57.0 Å². The van der Waals surface area contributed by atoms with E-state index < -0.39 is 24.5 Å². The van der Waals surface area contributed by atoms with Crippen LogP contribution < -0.4 is 5.73 Å². The number of anilines is 1. The Balaban J connectivity index is 2.07. The van der Waals surface area contributed by atoms with E-state index in [1.165, 1.54) is 13.4 Å². The van der Waals surface area contributed by atoms with Crippen LogP contribution in [0.5, 0.6) is 0 Å². The fourth-order valence-electron chi connectivity index (χ4n) is 2.59. The molecule has 8 nitrogen and oxygen atoms in total. The number of aliphatic hydroxyl groups excluding tert-OH is 2. The first-order valence-corrected chi connectivity index (χ1v) is 6.21. The molecular formula is C12H16N4O4. The Kier molecular flexibility index (Phi) is 3.30. The van der Waals surface area contributed by atoms with Crippen molar-refractivity contribution < 1.29 is 19.7 Å². The number of nitrogen functional groups attached to an aromatic ring is 1. The summed E-state index contributed by atoms with van der Waals surface area (Å²) in [5, 5.41) is 20.2. The molecule has 4 atom stereocenters. The molecular weight excluding hydrogens is 264 g/mol. The van der Waals surface area contributed by atoms with Crippen molar-refractivity contribution in [3.63, 3.8) is 0 Å². The Bertz CT molecular complexity index is 615. The molecule has 1 aliphatic rings. The molecule has 20 heavy (non-hydrogen) atoms. The minimum atomic E-state index is -0.906. The second-order valence-electron chi connectivity index (χ2n) is 4.66. The summed E-state index contributed by atoms with van der Waals surface area (Å²) in [6.45, 7) is -0.284. The van der Waals surface area contributed by atoms with E-state index in [1.54, 1.807) is 16.8 Å². The molecule has 3 rings (SSSR count). The molecule has 4 N–H and O–H groups in total. The van der Waals surface area contributed by atoms with Crippen LogP contribution in [0.1, 0.15) is 6.04 Å². The zero-order valence-electron chi connectivity index (χ0n) is 10.9. The topological polar surface area (TPSA) is 116 Å². The van der Waals surface area contributed by atoms with Crippen molar-refractivity contribution in [2.75, 3.05) is 19.5 Å². The molecule has 2 aromatic rings. The van der Waals surface area contributed by atoms with Crippen molar-refractivity contribution in [1.82, 2.24) is 14.5 Å². The molecule has 3 heterocycles. The second-order valence-corrected chi connectivity index (χ2v) is 4.66. The Morgan fingerprint density at radius 3 is 3.00 bits per heavy atom. The predicted octanol–water partition coefficient (Wildman–Crippen LogP) is -0.721. The molecule has 1 aliphatic heterocycles. The van der Waals surface area contributed by atoms with Gasteiger partial charge in [-0.1, -0.05) is 0 Å². The van der Waals surface area contributed by atoms with E-state index in [4.69, 9.17) is 15.2 Å². The highest BCUT2D eigenvalue weighted by Crippen LogP contribution is 2.34. The maximum atomic E-state index is 10.3. The quantitative estimate of drug-likeness (QED) is 0.679. The average molecular weight is 280 g/mol. The van der Waals surface area contributed by atoms with Gasteiger partial charge in [0.25, 0.3) is 0 Å². The Hall–Kier alpha value is -1.74. The standard InChI is InChI=1S/C12H16N4O4/c1-19-12-8(9(18)7(4-17)20-12)16-3-2-6-10(13)14-5-15-11(6)16/h2-3,5,7-9,12,17-18H,4H2,1H3,(H2,13,14,15)/t7-,8+,9-,12+/m1/s1. The fourth-order valence-corrected chi connectivity index (χ4v) is 2.59. The van der Waals surface area contributed by atoms with Crippen molar-refractivity contribution in [3.05, 3.63) is 18.6 Å². The number of nitrogens with zero attached hydrogens (tertiary/aromatic N) is 3. The van der Waals surface area contributed by atoms with Gasteiger partial charge in [0.05, 0.1) is 12.0 Å². The van der Waals surface area contributed by atoms with Gasteiger partial charge in [-0.15, -0.1) is 0 Å². The molecule has 1 fully saturated rings. The van der Waals surface area contributed by atoms with E-state index in [2.05, 4.69) is 9.97 Å². The SMILES string of the molecule is CO[C@H]1O[C@H](CO)[C@@H](O)[C@@H]1n1ccc2c(N)ncnc21. The number of rotatable bonds is 3. The van der Waals surface area contributed by atoms with Gasteiger partial charge in [-0.05, 0) is 6.07 Å². The zero-order chi connectivity index (χ0) is 14.3. The minimum Gasteiger partial charge on any atom is -0.394 e. The van der Waals surface area contributed by atoms with Gasteiger partial charge in [0.15, 0.2) is 6.29 Å². The van der Waals surface area contributed by atoms with E-state index in [0.29, 0.717) is 16.9 Å². The molecule has 0 amide bonds. The molecule has 108 valence electrons. The molecule has 0 aromatic carbocycles. The average Bonchev–Trinajstić information content (AvgIpc) is 3.00. The summed E-state index contributed by atoms with van der Waals surface area (Å²) >= 11 is 0. The number of ether oxygens (including phenoxy) is 2. The van der Waals surface area contributed by atoms with Crippen LogP contribution in [0.3, 0.4) is 0 Å². The van der Waals surface area contributed by atoms with Gasteiger partial charge >= 0.3 is 0 Å². The lowest BCUT2D eigenvalue weighted by atomic mass is 10.1. The number of aliphatic hydroxyl groups is 2. The summed E-state index contributed by atoms with van der Waals surface area (Å²) in [5.41, 5.74) is 6.38. The minimum absolute atomic E-state index is 0.284. The predicted molar refractivity (Wildman–Crippen MR) is 69.7 cm³/mol. The highest BCUT2D eigenvalue weighted by Gasteiger charge is 2.45. The summed E-state index contributed by atoms with van der Waals surface area (Å²) in [6, 6.07) is 1.26. The van der Waals surface area contributed by atoms with E-state index in [9.17, 15) is 10.2 Å². The Morgan fingerprint density at radius 2 is 2.30 bits per heavy atom. The highest BCUT2D eigenvalue weighted by molar-refractivity contribution is 5.86.